The summed E-state index contributed by atoms with van der Waals surface area (Å²) in [6.45, 7) is 7.70. The van der Waals surface area contributed by atoms with Crippen LogP contribution in [0.5, 0.6) is 0 Å². The van der Waals surface area contributed by atoms with E-state index in [-0.39, 0.29) is 0 Å². The molecule has 1 aromatic heterocycles. The minimum atomic E-state index is 0.371. The van der Waals surface area contributed by atoms with E-state index in [9.17, 15) is 0 Å². The van der Waals surface area contributed by atoms with E-state index in [0.29, 0.717) is 12.1 Å². The summed E-state index contributed by atoms with van der Waals surface area (Å²) in [7, 11) is 4.41. The van der Waals surface area contributed by atoms with Crippen molar-refractivity contribution in [3.63, 3.8) is 0 Å². The number of piperidine rings is 1. The van der Waals surface area contributed by atoms with Crippen molar-refractivity contribution in [1.29, 1.82) is 0 Å². The van der Waals surface area contributed by atoms with Gasteiger partial charge in [-0.05, 0) is 51.5 Å². The van der Waals surface area contributed by atoms with Crippen molar-refractivity contribution >= 4 is 5.69 Å². The van der Waals surface area contributed by atoms with Crippen LogP contribution in [0.15, 0.2) is 18.3 Å². The first-order chi connectivity index (χ1) is 10.2. The molecule has 0 amide bonds. The SMILES string of the molecule is CCNC(CC)c1ccc(N(C)C2CCCN(C)C2)cn1. The Morgan fingerprint density at radius 3 is 2.81 bits per heavy atom. The zero-order valence-corrected chi connectivity index (χ0v) is 14.0. The molecule has 2 rings (SSSR count). The van der Waals surface area contributed by atoms with Crippen LogP contribution in [-0.4, -0.2) is 49.7 Å². The average Bonchev–Trinajstić information content (AvgIpc) is 2.52. The lowest BCUT2D eigenvalue weighted by Crippen LogP contribution is -2.45. The molecule has 2 heterocycles. The van der Waals surface area contributed by atoms with Gasteiger partial charge in [0, 0.05) is 25.7 Å². The highest BCUT2D eigenvalue weighted by molar-refractivity contribution is 5.45. The van der Waals surface area contributed by atoms with Gasteiger partial charge in [0.15, 0.2) is 0 Å². The van der Waals surface area contributed by atoms with Gasteiger partial charge in [-0.1, -0.05) is 13.8 Å². The van der Waals surface area contributed by atoms with Crippen LogP contribution < -0.4 is 10.2 Å². The van der Waals surface area contributed by atoms with Crippen molar-refractivity contribution in [2.75, 3.05) is 38.6 Å². The van der Waals surface area contributed by atoms with E-state index >= 15 is 0 Å². The Morgan fingerprint density at radius 2 is 2.24 bits per heavy atom. The number of likely N-dealkylation sites (N-methyl/N-ethyl adjacent to an activating group) is 2. The largest absolute Gasteiger partial charge is 0.369 e. The summed E-state index contributed by atoms with van der Waals surface area (Å²) in [6.07, 6.45) is 5.67. The summed E-state index contributed by atoms with van der Waals surface area (Å²) >= 11 is 0. The Balaban J connectivity index is 2.03. The molecule has 0 aliphatic carbocycles. The van der Waals surface area contributed by atoms with Gasteiger partial charge < -0.3 is 15.1 Å². The fourth-order valence-corrected chi connectivity index (χ4v) is 3.18. The molecular weight excluding hydrogens is 260 g/mol. The monoisotopic (exact) mass is 290 g/mol. The van der Waals surface area contributed by atoms with Crippen LogP contribution in [0.4, 0.5) is 5.69 Å². The van der Waals surface area contributed by atoms with Gasteiger partial charge in [-0.2, -0.15) is 0 Å². The molecule has 1 N–H and O–H groups in total. The van der Waals surface area contributed by atoms with Crippen LogP contribution in [0.25, 0.3) is 0 Å². The molecule has 4 heteroatoms. The highest BCUT2D eigenvalue weighted by Crippen LogP contribution is 2.22. The Bertz CT molecular complexity index is 417. The highest BCUT2D eigenvalue weighted by atomic mass is 15.2. The zero-order chi connectivity index (χ0) is 15.2. The predicted molar refractivity (Wildman–Crippen MR) is 89.9 cm³/mol. The second kappa shape index (κ2) is 7.76. The van der Waals surface area contributed by atoms with Crippen molar-refractivity contribution in [2.24, 2.45) is 0 Å². The lowest BCUT2D eigenvalue weighted by atomic mass is 10.0. The van der Waals surface area contributed by atoms with E-state index < -0.39 is 0 Å². The molecule has 0 aromatic carbocycles. The molecule has 21 heavy (non-hydrogen) atoms. The maximum atomic E-state index is 4.69. The topological polar surface area (TPSA) is 31.4 Å². The van der Waals surface area contributed by atoms with Gasteiger partial charge in [-0.25, -0.2) is 0 Å². The standard InChI is InChI=1S/C17H30N4/c1-5-16(18-6-2)17-10-9-14(12-19-17)21(4)15-8-7-11-20(3)13-15/h9-10,12,15-16,18H,5-8,11,13H2,1-4H3. The second-order valence-corrected chi connectivity index (χ2v) is 6.13. The van der Waals surface area contributed by atoms with Crippen molar-refractivity contribution < 1.29 is 0 Å². The quantitative estimate of drug-likeness (QED) is 0.873. The van der Waals surface area contributed by atoms with Crippen LogP contribution in [-0.2, 0) is 0 Å². The number of aromatic nitrogens is 1. The fourth-order valence-electron chi connectivity index (χ4n) is 3.18. The number of hydrogen-bond acceptors (Lipinski definition) is 4. The van der Waals surface area contributed by atoms with E-state index in [1.165, 1.54) is 25.1 Å². The lowest BCUT2D eigenvalue weighted by Gasteiger charge is -2.37. The summed E-state index contributed by atoms with van der Waals surface area (Å²) in [4.78, 5) is 9.50. The maximum absolute atomic E-state index is 4.69. The number of anilines is 1. The number of nitrogens with one attached hydrogen (secondary N) is 1. The molecule has 0 spiro atoms. The first-order valence-corrected chi connectivity index (χ1v) is 8.26. The normalized spacial score (nSPS) is 21.2. The third-order valence-electron chi connectivity index (χ3n) is 4.54. The van der Waals surface area contributed by atoms with E-state index in [1.54, 1.807) is 0 Å². The van der Waals surface area contributed by atoms with Gasteiger partial charge in [0.25, 0.3) is 0 Å². The van der Waals surface area contributed by atoms with Gasteiger partial charge >= 0.3 is 0 Å². The number of rotatable bonds is 6. The van der Waals surface area contributed by atoms with E-state index in [2.05, 4.69) is 60.2 Å². The summed E-state index contributed by atoms with van der Waals surface area (Å²) in [6, 6.07) is 5.37. The Morgan fingerprint density at radius 1 is 1.43 bits per heavy atom. The van der Waals surface area contributed by atoms with Crippen molar-refractivity contribution in [1.82, 2.24) is 15.2 Å². The molecule has 1 fully saturated rings. The van der Waals surface area contributed by atoms with Crippen molar-refractivity contribution in [2.45, 2.75) is 45.2 Å². The van der Waals surface area contributed by atoms with Crippen LogP contribution in [0.1, 0.15) is 44.8 Å². The van der Waals surface area contributed by atoms with E-state index in [4.69, 9.17) is 0 Å². The Labute approximate surface area is 129 Å². The summed E-state index contributed by atoms with van der Waals surface area (Å²) < 4.78 is 0. The molecule has 1 aliphatic rings. The molecule has 0 radical (unpaired) electrons. The van der Waals surface area contributed by atoms with Crippen LogP contribution in [0.2, 0.25) is 0 Å². The smallest absolute Gasteiger partial charge is 0.0574 e. The van der Waals surface area contributed by atoms with Crippen LogP contribution in [0, 0.1) is 0 Å². The molecule has 2 unspecified atom stereocenters. The average molecular weight is 290 g/mol. The summed E-state index contributed by atoms with van der Waals surface area (Å²) in [5, 5.41) is 3.48. The molecule has 1 aromatic rings. The van der Waals surface area contributed by atoms with Gasteiger partial charge in [-0.3, -0.25) is 4.98 Å². The Kier molecular flexibility index (Phi) is 6.00. The third kappa shape index (κ3) is 4.17. The minimum absolute atomic E-state index is 0.371. The van der Waals surface area contributed by atoms with Gasteiger partial charge in [0.1, 0.15) is 0 Å². The first kappa shape index (κ1) is 16.2. The molecule has 0 bridgehead atoms. The molecule has 1 saturated heterocycles. The Hall–Kier alpha value is -1.13. The first-order valence-electron chi connectivity index (χ1n) is 8.26. The summed E-state index contributed by atoms with van der Waals surface area (Å²) in [5.41, 5.74) is 2.38. The molecule has 4 nitrogen and oxygen atoms in total. The second-order valence-electron chi connectivity index (χ2n) is 6.13. The molecule has 0 saturated carbocycles. The lowest BCUT2D eigenvalue weighted by molar-refractivity contribution is 0.248. The van der Waals surface area contributed by atoms with Gasteiger partial charge in [-0.15, -0.1) is 0 Å². The van der Waals surface area contributed by atoms with Crippen LogP contribution >= 0.6 is 0 Å². The van der Waals surface area contributed by atoms with Crippen molar-refractivity contribution in [3.05, 3.63) is 24.0 Å². The number of likely N-dealkylation sites (tertiary alicyclic amines) is 1. The molecule has 2 atom stereocenters. The van der Waals surface area contributed by atoms with Gasteiger partial charge in [0.05, 0.1) is 17.6 Å². The highest BCUT2D eigenvalue weighted by Gasteiger charge is 2.21. The van der Waals surface area contributed by atoms with Crippen LogP contribution in [0.3, 0.4) is 0 Å². The van der Waals surface area contributed by atoms with E-state index in [0.717, 1.165) is 25.2 Å². The molecule has 118 valence electrons. The minimum Gasteiger partial charge on any atom is -0.369 e. The third-order valence-corrected chi connectivity index (χ3v) is 4.54. The number of nitrogens with zero attached hydrogens (tertiary/aromatic N) is 3. The predicted octanol–water partition coefficient (Wildman–Crippen LogP) is 2.67. The maximum Gasteiger partial charge on any atom is 0.0574 e. The number of hydrogen-bond donors (Lipinski definition) is 1. The van der Waals surface area contributed by atoms with Gasteiger partial charge in [0.2, 0.25) is 0 Å². The van der Waals surface area contributed by atoms with E-state index in [1.807, 2.05) is 6.20 Å². The fraction of sp³-hybridized carbons (Fsp3) is 0.706. The number of pyridine rings is 1. The zero-order valence-electron chi connectivity index (χ0n) is 14.0. The molecular formula is C17H30N4. The molecule has 1 aliphatic heterocycles. The summed E-state index contributed by atoms with van der Waals surface area (Å²) in [5.74, 6) is 0. The van der Waals surface area contributed by atoms with Crippen molar-refractivity contribution in [3.8, 4) is 0 Å².